The summed E-state index contributed by atoms with van der Waals surface area (Å²) in [5.41, 5.74) is 2.21. The van der Waals surface area contributed by atoms with Gasteiger partial charge < -0.3 is 9.26 Å². The van der Waals surface area contributed by atoms with Gasteiger partial charge in [0.2, 0.25) is 0 Å². The Kier molecular flexibility index (Phi) is 5.32. The maximum Gasteiger partial charge on any atom is 0.145 e. The molecule has 6 heteroatoms. The molecular weight excluding hydrogens is 385 g/mol. The number of nitrogens with zero attached hydrogens (tertiary/aromatic N) is 1. The summed E-state index contributed by atoms with van der Waals surface area (Å²) in [4.78, 5) is 12.1. The second kappa shape index (κ2) is 7.57. The second-order valence-electron chi connectivity index (χ2n) is 7.90. The molecule has 0 spiro atoms. The zero-order valence-corrected chi connectivity index (χ0v) is 17.0. The second-order valence-corrected chi connectivity index (χ2v) is 8.72. The van der Waals surface area contributed by atoms with Crippen LogP contribution in [0.1, 0.15) is 56.8 Å². The third kappa shape index (κ3) is 3.55. The Labute approximate surface area is 169 Å². The minimum atomic E-state index is 0.102. The van der Waals surface area contributed by atoms with Gasteiger partial charge >= 0.3 is 0 Å². The quantitative estimate of drug-likeness (QED) is 0.605. The van der Waals surface area contributed by atoms with Crippen molar-refractivity contribution >= 4 is 29.0 Å². The normalized spacial score (nSPS) is 24.8. The molecule has 1 aromatic carbocycles. The zero-order chi connectivity index (χ0) is 19.1. The summed E-state index contributed by atoms with van der Waals surface area (Å²) in [6.45, 7) is 4.50. The van der Waals surface area contributed by atoms with Crippen molar-refractivity contribution in [3.05, 3.63) is 39.6 Å². The van der Waals surface area contributed by atoms with Crippen LogP contribution < -0.4 is 0 Å². The Bertz CT molecular complexity index is 825. The third-order valence-corrected chi connectivity index (χ3v) is 6.40. The first-order valence-corrected chi connectivity index (χ1v) is 10.3. The fourth-order valence-corrected chi connectivity index (χ4v) is 4.97. The first kappa shape index (κ1) is 19.0. The fourth-order valence-electron chi connectivity index (χ4n) is 4.39. The summed E-state index contributed by atoms with van der Waals surface area (Å²) in [7, 11) is 0. The lowest BCUT2D eigenvalue weighted by molar-refractivity contribution is -0.130. The van der Waals surface area contributed by atoms with Crippen LogP contribution in [-0.4, -0.2) is 17.0 Å². The molecule has 0 amide bonds. The van der Waals surface area contributed by atoms with Gasteiger partial charge in [0, 0.05) is 28.9 Å². The van der Waals surface area contributed by atoms with Gasteiger partial charge in [0.1, 0.15) is 17.2 Å². The number of ketones is 1. The lowest BCUT2D eigenvalue weighted by Gasteiger charge is -2.27. The highest BCUT2D eigenvalue weighted by atomic mass is 35.5. The monoisotopic (exact) mass is 407 g/mol. The number of halogens is 2. The highest BCUT2D eigenvalue weighted by molar-refractivity contribution is 6.39. The smallest absolute Gasteiger partial charge is 0.145 e. The van der Waals surface area contributed by atoms with Gasteiger partial charge in [0.05, 0.1) is 22.8 Å². The van der Waals surface area contributed by atoms with Crippen LogP contribution in [0.3, 0.4) is 0 Å². The molecule has 1 aromatic heterocycles. The molecule has 2 bridgehead atoms. The first-order chi connectivity index (χ1) is 13.0. The summed E-state index contributed by atoms with van der Waals surface area (Å²) in [5, 5.41) is 5.34. The third-order valence-electron chi connectivity index (χ3n) is 5.77. The number of carbonyl (C=O) groups is 1. The maximum absolute atomic E-state index is 12.1. The first-order valence-electron chi connectivity index (χ1n) is 9.53. The number of hydrogen-bond acceptors (Lipinski definition) is 4. The van der Waals surface area contributed by atoms with Crippen LogP contribution in [0.2, 0.25) is 10.0 Å². The number of rotatable bonds is 5. The van der Waals surface area contributed by atoms with E-state index in [4.69, 9.17) is 32.5 Å². The molecule has 27 heavy (non-hydrogen) atoms. The van der Waals surface area contributed by atoms with Crippen molar-refractivity contribution < 1.29 is 14.1 Å². The SMILES string of the molecule is CC(C)c1onc(-c2c(Cl)cccc2Cl)c1COC1CC2CC[C@@H](C1)C2=O. The van der Waals surface area contributed by atoms with E-state index in [9.17, 15) is 4.79 Å². The number of aromatic nitrogens is 1. The molecule has 4 rings (SSSR count). The average molecular weight is 408 g/mol. The van der Waals surface area contributed by atoms with Crippen LogP contribution in [0.5, 0.6) is 0 Å². The van der Waals surface area contributed by atoms with Gasteiger partial charge in [-0.15, -0.1) is 0 Å². The number of hydrogen-bond donors (Lipinski definition) is 0. The molecular formula is C21H23Cl2NO3. The Morgan fingerprint density at radius 3 is 2.41 bits per heavy atom. The highest BCUT2D eigenvalue weighted by Crippen LogP contribution is 2.42. The van der Waals surface area contributed by atoms with Crippen molar-refractivity contribution in [2.45, 2.75) is 58.2 Å². The molecule has 0 saturated heterocycles. The molecule has 0 radical (unpaired) electrons. The van der Waals surface area contributed by atoms with E-state index in [1.54, 1.807) is 12.1 Å². The van der Waals surface area contributed by atoms with Crippen LogP contribution in [0, 0.1) is 11.8 Å². The van der Waals surface area contributed by atoms with E-state index in [0.717, 1.165) is 37.0 Å². The molecule has 0 N–H and O–H groups in total. The lowest BCUT2D eigenvalue weighted by atomic mass is 9.86. The number of carbonyl (C=O) groups excluding carboxylic acids is 1. The van der Waals surface area contributed by atoms with Gasteiger partial charge in [-0.25, -0.2) is 0 Å². The Morgan fingerprint density at radius 1 is 1.19 bits per heavy atom. The molecule has 2 fully saturated rings. The van der Waals surface area contributed by atoms with Gasteiger partial charge in [0.15, 0.2) is 0 Å². The zero-order valence-electron chi connectivity index (χ0n) is 15.5. The van der Waals surface area contributed by atoms with Gasteiger partial charge in [-0.3, -0.25) is 4.79 Å². The summed E-state index contributed by atoms with van der Waals surface area (Å²) >= 11 is 12.8. The van der Waals surface area contributed by atoms with E-state index in [2.05, 4.69) is 19.0 Å². The Hall–Kier alpha value is -1.36. The van der Waals surface area contributed by atoms with Crippen LogP contribution in [0.4, 0.5) is 0 Å². The molecule has 2 aromatic rings. The van der Waals surface area contributed by atoms with E-state index in [-0.39, 0.29) is 23.9 Å². The van der Waals surface area contributed by atoms with Gasteiger partial charge in [-0.1, -0.05) is 48.3 Å². The average Bonchev–Trinajstić information content (AvgIpc) is 3.10. The molecule has 2 saturated carbocycles. The van der Waals surface area contributed by atoms with Crippen molar-refractivity contribution in [1.29, 1.82) is 0 Å². The number of ether oxygens (including phenoxy) is 1. The van der Waals surface area contributed by atoms with Crippen molar-refractivity contribution in [3.8, 4) is 11.3 Å². The Balaban J connectivity index is 1.60. The predicted molar refractivity (Wildman–Crippen MR) is 105 cm³/mol. The topological polar surface area (TPSA) is 52.3 Å². The predicted octanol–water partition coefficient (Wildman–Crippen LogP) is 6.05. The van der Waals surface area contributed by atoms with Crippen LogP contribution in [0.25, 0.3) is 11.3 Å². The summed E-state index contributed by atoms with van der Waals surface area (Å²) in [5.74, 6) is 1.74. The molecule has 2 unspecified atom stereocenters. The van der Waals surface area contributed by atoms with E-state index in [0.29, 0.717) is 33.7 Å². The van der Waals surface area contributed by atoms with Crippen molar-refractivity contribution in [1.82, 2.24) is 5.16 Å². The van der Waals surface area contributed by atoms with E-state index < -0.39 is 0 Å². The summed E-state index contributed by atoms with van der Waals surface area (Å²) in [6, 6.07) is 5.39. The van der Waals surface area contributed by atoms with Gasteiger partial charge in [-0.05, 0) is 37.8 Å². The number of Topliss-reactive ketones (excluding diaryl/α,β-unsaturated/α-hetero) is 1. The Morgan fingerprint density at radius 2 is 1.81 bits per heavy atom. The molecule has 2 aliphatic carbocycles. The standard InChI is InChI=1S/C21H23Cl2NO3/c1-11(2)21-15(10-26-14-8-12-6-7-13(9-14)20(12)25)19(24-27-21)18-16(22)4-3-5-17(18)23/h3-5,11-14H,6-10H2,1-2H3/t12-,13?,14?/m0/s1. The molecule has 3 atom stereocenters. The van der Waals surface area contributed by atoms with Crippen LogP contribution >= 0.6 is 23.2 Å². The summed E-state index contributed by atoms with van der Waals surface area (Å²) < 4.78 is 11.9. The van der Waals surface area contributed by atoms with Crippen LogP contribution in [0.15, 0.2) is 22.7 Å². The lowest BCUT2D eigenvalue weighted by Crippen LogP contribution is -2.31. The minimum absolute atomic E-state index is 0.102. The van der Waals surface area contributed by atoms with E-state index in [1.165, 1.54) is 0 Å². The largest absolute Gasteiger partial charge is 0.373 e. The van der Waals surface area contributed by atoms with Gasteiger partial charge in [-0.2, -0.15) is 0 Å². The number of fused-ring (bicyclic) bond motifs is 2. The van der Waals surface area contributed by atoms with Crippen LogP contribution in [-0.2, 0) is 16.1 Å². The molecule has 0 aliphatic heterocycles. The maximum atomic E-state index is 12.1. The van der Waals surface area contributed by atoms with E-state index >= 15 is 0 Å². The van der Waals surface area contributed by atoms with Crippen molar-refractivity contribution in [2.24, 2.45) is 11.8 Å². The minimum Gasteiger partial charge on any atom is -0.373 e. The molecule has 144 valence electrons. The molecule has 2 aliphatic rings. The summed E-state index contributed by atoms with van der Waals surface area (Å²) in [6.07, 6.45) is 3.76. The number of benzene rings is 1. The van der Waals surface area contributed by atoms with E-state index in [1.807, 2.05) is 6.07 Å². The van der Waals surface area contributed by atoms with Crippen molar-refractivity contribution in [2.75, 3.05) is 0 Å². The highest BCUT2D eigenvalue weighted by Gasteiger charge is 2.42. The molecule has 1 heterocycles. The fraction of sp³-hybridized carbons (Fsp3) is 0.524. The van der Waals surface area contributed by atoms with Gasteiger partial charge in [0.25, 0.3) is 0 Å². The van der Waals surface area contributed by atoms with Crippen molar-refractivity contribution in [3.63, 3.8) is 0 Å². The molecule has 4 nitrogen and oxygen atoms in total.